The summed E-state index contributed by atoms with van der Waals surface area (Å²) < 4.78 is 0. The molecule has 4 rings (SSSR count). The fourth-order valence-electron chi connectivity index (χ4n) is 4.97. The maximum Gasteiger partial charge on any atom is 0.320 e. The van der Waals surface area contributed by atoms with E-state index in [1.54, 1.807) is 0 Å². The molecule has 0 bridgehead atoms. The number of benzene rings is 3. The van der Waals surface area contributed by atoms with E-state index >= 15 is 0 Å². The predicted octanol–water partition coefficient (Wildman–Crippen LogP) is 4.70. The third kappa shape index (κ3) is 7.07. The van der Waals surface area contributed by atoms with Crippen molar-refractivity contribution in [1.82, 2.24) is 20.9 Å². The monoisotopic (exact) mass is 542 g/mol. The standard InChI is InChI=1S/C32H38N4O4/c1-19(2)15-28(30(37)35-20(3)23-14-13-22-9-5-6-10-24(22)16-23)36-31(38)29(34-21(4)32(39)40)17-25-18-33-27-12-8-7-11-26(25)27/h5-14,16,18-21,28-29,33-34H,15,17H2,1-4H3,(H,35,37)(H,36,38)(H,39,40)/t20-,21?,28-,29-/m0/s1. The number of carbonyl (C=O) groups is 3. The van der Waals surface area contributed by atoms with Gasteiger partial charge in [0.25, 0.3) is 0 Å². The summed E-state index contributed by atoms with van der Waals surface area (Å²) in [7, 11) is 0. The van der Waals surface area contributed by atoms with E-state index in [9.17, 15) is 19.5 Å². The number of rotatable bonds is 12. The van der Waals surface area contributed by atoms with Gasteiger partial charge in [-0.05, 0) is 66.6 Å². The first-order chi connectivity index (χ1) is 19.1. The first-order valence-electron chi connectivity index (χ1n) is 13.8. The molecule has 4 aromatic rings. The molecule has 4 atom stereocenters. The number of para-hydroxylation sites is 1. The average Bonchev–Trinajstić information content (AvgIpc) is 3.34. The largest absolute Gasteiger partial charge is 0.480 e. The lowest BCUT2D eigenvalue weighted by atomic mass is 9.99. The molecule has 40 heavy (non-hydrogen) atoms. The zero-order valence-electron chi connectivity index (χ0n) is 23.4. The molecule has 1 aromatic heterocycles. The van der Waals surface area contributed by atoms with Crippen LogP contribution in [0, 0.1) is 5.92 Å². The van der Waals surface area contributed by atoms with Crippen LogP contribution < -0.4 is 16.0 Å². The van der Waals surface area contributed by atoms with Crippen LogP contribution in [0.1, 0.15) is 51.3 Å². The summed E-state index contributed by atoms with van der Waals surface area (Å²) >= 11 is 0. The van der Waals surface area contributed by atoms with Gasteiger partial charge < -0.3 is 20.7 Å². The number of fused-ring (bicyclic) bond motifs is 2. The van der Waals surface area contributed by atoms with Gasteiger partial charge in [-0.1, -0.05) is 68.4 Å². The Morgan fingerprint density at radius 2 is 1.50 bits per heavy atom. The number of aromatic amines is 1. The lowest BCUT2D eigenvalue weighted by Gasteiger charge is -2.26. The summed E-state index contributed by atoms with van der Waals surface area (Å²) in [5.41, 5.74) is 2.79. The molecule has 0 aliphatic heterocycles. The topological polar surface area (TPSA) is 123 Å². The van der Waals surface area contributed by atoms with Crippen LogP contribution in [0.4, 0.5) is 0 Å². The maximum absolute atomic E-state index is 13.6. The number of aliphatic carboxylic acids is 1. The van der Waals surface area contributed by atoms with Gasteiger partial charge in [-0.25, -0.2) is 0 Å². The number of carboxylic acids is 1. The van der Waals surface area contributed by atoms with Crippen molar-refractivity contribution in [3.8, 4) is 0 Å². The minimum atomic E-state index is -1.06. The molecular formula is C32H38N4O4. The maximum atomic E-state index is 13.6. The molecule has 5 N–H and O–H groups in total. The van der Waals surface area contributed by atoms with E-state index in [0.29, 0.717) is 6.42 Å². The second kappa shape index (κ2) is 12.8. The molecule has 3 aromatic carbocycles. The Morgan fingerprint density at radius 1 is 0.825 bits per heavy atom. The van der Waals surface area contributed by atoms with Gasteiger partial charge >= 0.3 is 5.97 Å². The quantitative estimate of drug-likeness (QED) is 0.178. The summed E-state index contributed by atoms with van der Waals surface area (Å²) in [5.74, 6) is -1.61. The molecule has 8 nitrogen and oxygen atoms in total. The number of nitrogens with one attached hydrogen (secondary N) is 4. The first kappa shape index (κ1) is 28.8. The van der Waals surface area contributed by atoms with Crippen molar-refractivity contribution < 1.29 is 19.5 Å². The highest BCUT2D eigenvalue weighted by Gasteiger charge is 2.30. The van der Waals surface area contributed by atoms with Gasteiger partial charge in [-0.3, -0.25) is 19.7 Å². The lowest BCUT2D eigenvalue weighted by molar-refractivity contribution is -0.139. The van der Waals surface area contributed by atoms with Gasteiger partial charge in [0.15, 0.2) is 0 Å². The van der Waals surface area contributed by atoms with Crippen molar-refractivity contribution in [3.05, 3.63) is 84.1 Å². The number of aromatic nitrogens is 1. The van der Waals surface area contributed by atoms with Crippen LogP contribution in [0.3, 0.4) is 0 Å². The minimum absolute atomic E-state index is 0.144. The second-order valence-corrected chi connectivity index (χ2v) is 10.9. The second-order valence-electron chi connectivity index (χ2n) is 10.9. The average molecular weight is 543 g/mol. The van der Waals surface area contributed by atoms with Gasteiger partial charge in [-0.15, -0.1) is 0 Å². The molecule has 0 aliphatic carbocycles. The summed E-state index contributed by atoms with van der Waals surface area (Å²) in [5, 5.41) is 21.6. The van der Waals surface area contributed by atoms with E-state index < -0.39 is 30.0 Å². The first-order valence-corrected chi connectivity index (χ1v) is 13.8. The van der Waals surface area contributed by atoms with Crippen molar-refractivity contribution in [2.75, 3.05) is 0 Å². The van der Waals surface area contributed by atoms with Crippen molar-refractivity contribution in [1.29, 1.82) is 0 Å². The van der Waals surface area contributed by atoms with Gasteiger partial charge in [0.2, 0.25) is 11.8 Å². The molecule has 0 saturated carbocycles. The Balaban J connectivity index is 1.51. The number of hydrogen-bond acceptors (Lipinski definition) is 4. The third-order valence-corrected chi connectivity index (χ3v) is 7.21. The molecule has 2 amide bonds. The van der Waals surface area contributed by atoms with Crippen LogP contribution in [-0.4, -0.2) is 46.0 Å². The SMILES string of the molecule is CC(C)C[C@H](NC(=O)[C@H](Cc1c[nH]c2ccccc12)NC(C)C(=O)O)C(=O)N[C@@H](C)c1ccc2ccccc2c1. The van der Waals surface area contributed by atoms with Crippen LogP contribution in [0.2, 0.25) is 0 Å². The zero-order chi connectivity index (χ0) is 28.8. The number of amides is 2. The van der Waals surface area contributed by atoms with Crippen molar-refractivity contribution >= 4 is 39.5 Å². The highest BCUT2D eigenvalue weighted by molar-refractivity contribution is 5.91. The van der Waals surface area contributed by atoms with Crippen molar-refractivity contribution in [3.63, 3.8) is 0 Å². The van der Waals surface area contributed by atoms with E-state index in [1.165, 1.54) is 6.92 Å². The van der Waals surface area contributed by atoms with E-state index in [-0.39, 0.29) is 24.3 Å². The molecule has 0 radical (unpaired) electrons. The molecule has 1 heterocycles. The van der Waals surface area contributed by atoms with E-state index in [2.05, 4.69) is 27.0 Å². The highest BCUT2D eigenvalue weighted by atomic mass is 16.4. The van der Waals surface area contributed by atoms with Crippen molar-refractivity contribution in [2.24, 2.45) is 5.92 Å². The fraction of sp³-hybridized carbons (Fsp3) is 0.344. The van der Waals surface area contributed by atoms with Crippen LogP contribution in [0.25, 0.3) is 21.7 Å². The van der Waals surface area contributed by atoms with Crippen LogP contribution >= 0.6 is 0 Å². The molecule has 1 unspecified atom stereocenters. The molecule has 0 spiro atoms. The van der Waals surface area contributed by atoms with Crippen LogP contribution in [0.5, 0.6) is 0 Å². The normalized spacial score (nSPS) is 14.5. The fourth-order valence-corrected chi connectivity index (χ4v) is 4.97. The summed E-state index contributed by atoms with van der Waals surface area (Å²) in [4.78, 5) is 41.9. The molecule has 0 aliphatic rings. The number of hydrogen-bond donors (Lipinski definition) is 5. The Morgan fingerprint density at radius 3 is 2.23 bits per heavy atom. The van der Waals surface area contributed by atoms with Gasteiger partial charge in [0.05, 0.1) is 12.1 Å². The molecule has 0 saturated heterocycles. The highest BCUT2D eigenvalue weighted by Crippen LogP contribution is 2.22. The molecule has 0 fully saturated rings. The van der Waals surface area contributed by atoms with Crippen LogP contribution in [0.15, 0.2) is 72.9 Å². The Bertz CT molecular complexity index is 1490. The smallest absolute Gasteiger partial charge is 0.320 e. The third-order valence-electron chi connectivity index (χ3n) is 7.21. The molecule has 8 heteroatoms. The molecular weight excluding hydrogens is 504 g/mol. The van der Waals surface area contributed by atoms with Crippen LogP contribution in [-0.2, 0) is 20.8 Å². The molecule has 210 valence electrons. The lowest BCUT2D eigenvalue weighted by Crippen LogP contribution is -2.56. The zero-order valence-corrected chi connectivity index (χ0v) is 23.4. The van der Waals surface area contributed by atoms with Gasteiger partial charge in [0.1, 0.15) is 12.1 Å². The summed E-state index contributed by atoms with van der Waals surface area (Å²) in [6.45, 7) is 7.41. The van der Waals surface area contributed by atoms with E-state index in [1.807, 2.05) is 87.6 Å². The van der Waals surface area contributed by atoms with E-state index in [0.717, 1.165) is 32.8 Å². The number of H-pyrrole nitrogens is 1. The Hall–Kier alpha value is -4.17. The summed E-state index contributed by atoms with van der Waals surface area (Å²) in [6.07, 6.45) is 2.54. The Labute approximate surface area is 234 Å². The summed E-state index contributed by atoms with van der Waals surface area (Å²) in [6, 6.07) is 19.0. The van der Waals surface area contributed by atoms with Crippen molar-refractivity contribution in [2.45, 2.75) is 64.7 Å². The van der Waals surface area contributed by atoms with Gasteiger partial charge in [0, 0.05) is 17.1 Å². The predicted molar refractivity (Wildman–Crippen MR) is 158 cm³/mol. The number of carboxylic acid groups (broad SMARTS) is 1. The Kier molecular flexibility index (Phi) is 9.22. The minimum Gasteiger partial charge on any atom is -0.480 e. The number of carbonyl (C=O) groups excluding carboxylic acids is 2. The van der Waals surface area contributed by atoms with E-state index in [4.69, 9.17) is 0 Å². The van der Waals surface area contributed by atoms with Gasteiger partial charge in [-0.2, -0.15) is 0 Å².